The van der Waals surface area contributed by atoms with Gasteiger partial charge in [-0.2, -0.15) is 0 Å². The monoisotopic (exact) mass is 328 g/mol. The van der Waals surface area contributed by atoms with Gasteiger partial charge in [0.25, 0.3) is 5.56 Å². The lowest BCUT2D eigenvalue weighted by Gasteiger charge is -2.19. The number of aromatic amines is 2. The molecule has 2 N–H and O–H groups in total. The van der Waals surface area contributed by atoms with Crippen molar-refractivity contribution in [2.75, 3.05) is 0 Å². The molecule has 23 heavy (non-hydrogen) atoms. The van der Waals surface area contributed by atoms with Gasteiger partial charge in [-0.05, 0) is 23.0 Å². The number of hydrogen-bond donors (Lipinski definition) is 2. The molecule has 3 aromatic rings. The van der Waals surface area contributed by atoms with Gasteiger partial charge in [-0.25, -0.2) is 4.79 Å². The Morgan fingerprint density at radius 2 is 1.70 bits per heavy atom. The highest BCUT2D eigenvalue weighted by molar-refractivity contribution is 7.19. The number of aryl methyl sites for hydroxylation is 1. The fourth-order valence-electron chi connectivity index (χ4n) is 2.77. The van der Waals surface area contributed by atoms with Crippen molar-refractivity contribution >= 4 is 21.6 Å². The van der Waals surface area contributed by atoms with E-state index in [1.807, 2.05) is 0 Å². The summed E-state index contributed by atoms with van der Waals surface area (Å²) in [6.45, 7) is 8.59. The third-order valence-corrected chi connectivity index (χ3v) is 5.27. The summed E-state index contributed by atoms with van der Waals surface area (Å²) in [6, 6.07) is 8.34. The van der Waals surface area contributed by atoms with Gasteiger partial charge in [0.1, 0.15) is 4.83 Å². The first-order valence-corrected chi connectivity index (χ1v) is 8.52. The molecule has 4 nitrogen and oxygen atoms in total. The summed E-state index contributed by atoms with van der Waals surface area (Å²) in [7, 11) is 0. The summed E-state index contributed by atoms with van der Waals surface area (Å²) in [5, 5.41) is 0.579. The van der Waals surface area contributed by atoms with Crippen LogP contribution in [0.5, 0.6) is 0 Å². The molecule has 2 heterocycles. The highest BCUT2D eigenvalue weighted by Gasteiger charge is 2.18. The molecule has 0 radical (unpaired) electrons. The van der Waals surface area contributed by atoms with Crippen LogP contribution in [0.3, 0.4) is 0 Å². The molecule has 0 saturated heterocycles. The molecule has 0 fully saturated rings. The molecule has 3 rings (SSSR count). The minimum absolute atomic E-state index is 0.0888. The second kappa shape index (κ2) is 5.49. The molecule has 0 spiro atoms. The molecule has 5 heteroatoms. The highest BCUT2D eigenvalue weighted by Crippen LogP contribution is 2.36. The lowest BCUT2D eigenvalue weighted by molar-refractivity contribution is 0.590. The number of nitrogens with one attached hydrogen (secondary N) is 2. The summed E-state index contributed by atoms with van der Waals surface area (Å²) >= 11 is 1.48. The minimum Gasteiger partial charge on any atom is -0.298 e. The van der Waals surface area contributed by atoms with E-state index in [-0.39, 0.29) is 11.0 Å². The average molecular weight is 328 g/mol. The smallest absolute Gasteiger partial charge is 0.298 e. The molecule has 0 amide bonds. The van der Waals surface area contributed by atoms with Crippen molar-refractivity contribution in [3.63, 3.8) is 0 Å². The number of benzene rings is 1. The standard InChI is InChI=1S/C18H20N2O2S/c1-5-12-13(10-6-8-11(9-7-10)18(2,3)4)14-15(21)19-17(22)20-16(14)23-12/h6-9H,5H2,1-4H3,(H2,19,20,21,22). The van der Waals surface area contributed by atoms with Crippen LogP contribution in [0, 0.1) is 0 Å². The Morgan fingerprint density at radius 1 is 1.04 bits per heavy atom. The number of thiophene rings is 1. The van der Waals surface area contributed by atoms with Gasteiger partial charge in [0.2, 0.25) is 0 Å². The summed E-state index contributed by atoms with van der Waals surface area (Å²) in [5.74, 6) is 0. The van der Waals surface area contributed by atoms with E-state index in [0.717, 1.165) is 22.4 Å². The molecule has 0 saturated carbocycles. The van der Waals surface area contributed by atoms with E-state index in [9.17, 15) is 9.59 Å². The van der Waals surface area contributed by atoms with Crippen LogP contribution in [0.4, 0.5) is 0 Å². The van der Waals surface area contributed by atoms with Gasteiger partial charge in [-0.15, -0.1) is 11.3 Å². The predicted molar refractivity (Wildman–Crippen MR) is 96.6 cm³/mol. The van der Waals surface area contributed by atoms with Crippen LogP contribution in [-0.2, 0) is 11.8 Å². The van der Waals surface area contributed by atoms with Gasteiger partial charge in [-0.1, -0.05) is 52.0 Å². The van der Waals surface area contributed by atoms with Crippen LogP contribution >= 0.6 is 11.3 Å². The quantitative estimate of drug-likeness (QED) is 0.751. The van der Waals surface area contributed by atoms with Crippen LogP contribution in [0.1, 0.15) is 38.1 Å². The molecule has 0 atom stereocenters. The van der Waals surface area contributed by atoms with Crippen LogP contribution in [0.2, 0.25) is 0 Å². The summed E-state index contributed by atoms with van der Waals surface area (Å²) in [5.41, 5.74) is 2.51. The zero-order chi connectivity index (χ0) is 16.8. The van der Waals surface area contributed by atoms with Crippen LogP contribution in [0.25, 0.3) is 21.3 Å². The zero-order valence-electron chi connectivity index (χ0n) is 13.7. The molecule has 0 aliphatic carbocycles. The van der Waals surface area contributed by atoms with Gasteiger partial charge in [0.05, 0.1) is 5.39 Å². The van der Waals surface area contributed by atoms with Crippen molar-refractivity contribution in [3.05, 3.63) is 55.5 Å². The molecular formula is C18H20N2O2S. The van der Waals surface area contributed by atoms with Crippen molar-refractivity contribution in [1.82, 2.24) is 9.97 Å². The molecule has 120 valence electrons. The zero-order valence-corrected chi connectivity index (χ0v) is 14.6. The Labute approximate surface area is 138 Å². The molecule has 0 aliphatic rings. The van der Waals surface area contributed by atoms with Gasteiger partial charge in [0.15, 0.2) is 0 Å². The van der Waals surface area contributed by atoms with Crippen LogP contribution < -0.4 is 11.2 Å². The summed E-state index contributed by atoms with van der Waals surface area (Å²) < 4.78 is 0. The average Bonchev–Trinajstić information content (AvgIpc) is 2.85. The maximum absolute atomic E-state index is 12.3. The molecule has 0 aliphatic heterocycles. The summed E-state index contributed by atoms with van der Waals surface area (Å²) in [6.07, 6.45) is 0.817. The SMILES string of the molecule is CCc1sc2[nH]c(=O)[nH]c(=O)c2c1-c1ccc(C(C)(C)C)cc1. The lowest BCUT2D eigenvalue weighted by Crippen LogP contribution is -2.21. The van der Waals surface area contributed by atoms with E-state index in [1.165, 1.54) is 16.9 Å². The second-order valence-corrected chi connectivity index (χ2v) is 7.80. The molecule has 1 aromatic carbocycles. The molecule has 2 aromatic heterocycles. The van der Waals surface area contributed by atoms with E-state index in [1.54, 1.807) is 0 Å². The minimum atomic E-state index is -0.457. The van der Waals surface area contributed by atoms with Crippen molar-refractivity contribution in [2.24, 2.45) is 0 Å². The van der Waals surface area contributed by atoms with Crippen LogP contribution in [0.15, 0.2) is 33.9 Å². The third kappa shape index (κ3) is 2.77. The Balaban J connectivity index is 2.27. The second-order valence-electron chi connectivity index (χ2n) is 6.69. The lowest BCUT2D eigenvalue weighted by atomic mass is 9.86. The molecular weight excluding hydrogens is 308 g/mol. The Kier molecular flexibility index (Phi) is 3.76. The summed E-state index contributed by atoms with van der Waals surface area (Å²) in [4.78, 5) is 30.6. The maximum atomic E-state index is 12.3. The van der Waals surface area contributed by atoms with Gasteiger partial charge >= 0.3 is 5.69 Å². The van der Waals surface area contributed by atoms with Gasteiger partial charge in [0, 0.05) is 10.4 Å². The Morgan fingerprint density at radius 3 is 2.26 bits per heavy atom. The molecule has 0 bridgehead atoms. The van der Waals surface area contributed by atoms with Crippen LogP contribution in [-0.4, -0.2) is 9.97 Å². The normalized spacial score (nSPS) is 12.0. The number of hydrogen-bond acceptors (Lipinski definition) is 3. The first-order chi connectivity index (χ1) is 10.8. The number of H-pyrrole nitrogens is 2. The fourth-order valence-corrected chi connectivity index (χ4v) is 3.93. The van der Waals surface area contributed by atoms with E-state index in [2.05, 4.69) is 61.9 Å². The van der Waals surface area contributed by atoms with E-state index >= 15 is 0 Å². The number of aromatic nitrogens is 2. The maximum Gasteiger partial charge on any atom is 0.326 e. The topological polar surface area (TPSA) is 65.7 Å². The molecule has 0 unspecified atom stereocenters. The fraction of sp³-hybridized carbons (Fsp3) is 0.333. The van der Waals surface area contributed by atoms with Crippen molar-refractivity contribution in [2.45, 2.75) is 39.5 Å². The Bertz CT molecular complexity index is 969. The Hall–Kier alpha value is -2.14. The van der Waals surface area contributed by atoms with Crippen molar-refractivity contribution < 1.29 is 0 Å². The van der Waals surface area contributed by atoms with Gasteiger partial charge in [-0.3, -0.25) is 14.8 Å². The largest absolute Gasteiger partial charge is 0.326 e. The van der Waals surface area contributed by atoms with E-state index in [0.29, 0.717) is 10.2 Å². The van der Waals surface area contributed by atoms with Crippen molar-refractivity contribution in [3.8, 4) is 11.1 Å². The number of fused-ring (bicyclic) bond motifs is 1. The van der Waals surface area contributed by atoms with E-state index in [4.69, 9.17) is 0 Å². The van der Waals surface area contributed by atoms with Crippen molar-refractivity contribution in [1.29, 1.82) is 0 Å². The van der Waals surface area contributed by atoms with Gasteiger partial charge < -0.3 is 0 Å². The first kappa shape index (κ1) is 15.7. The third-order valence-electron chi connectivity index (χ3n) is 4.02. The predicted octanol–water partition coefficient (Wildman–Crippen LogP) is 3.80. The van der Waals surface area contributed by atoms with E-state index < -0.39 is 5.69 Å². The first-order valence-electron chi connectivity index (χ1n) is 7.70. The highest BCUT2D eigenvalue weighted by atomic mass is 32.1. The number of rotatable bonds is 2.